The first-order valence-corrected chi connectivity index (χ1v) is 5.41. The van der Waals surface area contributed by atoms with Crippen molar-refractivity contribution in [3.8, 4) is 0 Å². The monoisotopic (exact) mass is 267 g/mol. The smallest absolute Gasteiger partial charge is 0.331 e. The van der Waals surface area contributed by atoms with Gasteiger partial charge in [0.15, 0.2) is 0 Å². The van der Waals surface area contributed by atoms with E-state index in [9.17, 15) is 14.9 Å². The van der Waals surface area contributed by atoms with Gasteiger partial charge in [-0.3, -0.25) is 10.1 Å². The summed E-state index contributed by atoms with van der Waals surface area (Å²) in [6.45, 7) is 0.104. The molecular weight excluding hydrogens is 258 g/mol. The molecule has 1 aromatic rings. The number of hydrogen-bond acceptors (Lipinski definition) is 4. The fraction of sp³-hybridized carbons (Fsp3) is 0.0833. The van der Waals surface area contributed by atoms with Gasteiger partial charge in [-0.1, -0.05) is 11.6 Å². The molecule has 0 saturated carbocycles. The van der Waals surface area contributed by atoms with Gasteiger partial charge in [-0.05, 0) is 29.8 Å². The molecule has 5 nitrogen and oxygen atoms in total. The predicted molar refractivity (Wildman–Crippen MR) is 68.1 cm³/mol. The lowest BCUT2D eigenvalue weighted by Gasteiger charge is -1.96. The zero-order valence-corrected chi connectivity index (χ0v) is 10.0. The highest BCUT2D eigenvalue weighted by molar-refractivity contribution is 6.25. The van der Waals surface area contributed by atoms with Crippen molar-refractivity contribution in [2.24, 2.45) is 0 Å². The Morgan fingerprint density at radius 1 is 1.39 bits per heavy atom. The van der Waals surface area contributed by atoms with E-state index in [1.807, 2.05) is 0 Å². The maximum atomic E-state index is 11.2. The Morgan fingerprint density at radius 3 is 2.61 bits per heavy atom. The van der Waals surface area contributed by atoms with Crippen molar-refractivity contribution in [2.75, 3.05) is 6.61 Å². The van der Waals surface area contributed by atoms with Crippen molar-refractivity contribution in [1.29, 1.82) is 0 Å². The number of esters is 1. The molecule has 0 atom stereocenters. The van der Waals surface area contributed by atoms with Gasteiger partial charge in [-0.25, -0.2) is 4.79 Å². The summed E-state index contributed by atoms with van der Waals surface area (Å²) < 4.78 is 4.76. The number of non-ortho nitro benzene ring substituents is 1. The Kier molecular flexibility index (Phi) is 5.60. The van der Waals surface area contributed by atoms with Crippen LogP contribution in [-0.4, -0.2) is 17.5 Å². The van der Waals surface area contributed by atoms with E-state index in [2.05, 4.69) is 0 Å². The molecule has 94 valence electrons. The van der Waals surface area contributed by atoms with E-state index in [1.54, 1.807) is 12.1 Å². The summed E-state index contributed by atoms with van der Waals surface area (Å²) in [7, 11) is 0. The number of rotatable bonds is 5. The summed E-state index contributed by atoms with van der Waals surface area (Å²) in [5.74, 6) is -0.511. The Balaban J connectivity index is 2.56. The summed E-state index contributed by atoms with van der Waals surface area (Å²) >= 11 is 5.25. The third-order valence-electron chi connectivity index (χ3n) is 1.93. The maximum absolute atomic E-state index is 11.2. The number of carbonyl (C=O) groups is 1. The largest absolute Gasteiger partial charge is 0.458 e. The van der Waals surface area contributed by atoms with Crippen LogP contribution in [0.1, 0.15) is 5.56 Å². The van der Waals surface area contributed by atoms with E-state index in [0.717, 1.165) is 0 Å². The molecule has 0 aliphatic rings. The Labute approximate surface area is 108 Å². The minimum absolute atomic E-state index is 0.00183. The van der Waals surface area contributed by atoms with Crippen molar-refractivity contribution in [1.82, 2.24) is 0 Å². The molecule has 0 spiro atoms. The van der Waals surface area contributed by atoms with E-state index in [1.165, 1.54) is 35.9 Å². The minimum atomic E-state index is -0.511. The number of benzene rings is 1. The molecule has 0 aromatic heterocycles. The van der Waals surface area contributed by atoms with E-state index in [0.29, 0.717) is 5.56 Å². The van der Waals surface area contributed by atoms with E-state index < -0.39 is 10.9 Å². The minimum Gasteiger partial charge on any atom is -0.458 e. The highest BCUT2D eigenvalue weighted by Crippen LogP contribution is 2.12. The van der Waals surface area contributed by atoms with Crippen LogP contribution in [0, 0.1) is 10.1 Å². The number of hydrogen-bond donors (Lipinski definition) is 0. The number of ether oxygens (including phenoxy) is 1. The molecule has 0 saturated heterocycles. The van der Waals surface area contributed by atoms with Crippen LogP contribution in [0.5, 0.6) is 0 Å². The summed E-state index contributed by atoms with van der Waals surface area (Å²) in [5, 5.41) is 10.4. The molecular formula is C12H10ClNO4. The zero-order valence-electron chi connectivity index (χ0n) is 9.28. The van der Waals surface area contributed by atoms with E-state index in [-0.39, 0.29) is 12.3 Å². The molecule has 0 aliphatic carbocycles. The van der Waals surface area contributed by atoms with Crippen LogP contribution in [-0.2, 0) is 9.53 Å². The molecule has 0 aliphatic heterocycles. The summed E-state index contributed by atoms with van der Waals surface area (Å²) in [6.07, 6.45) is 4.23. The molecule has 0 heterocycles. The third kappa shape index (κ3) is 4.80. The Hall–Kier alpha value is -2.14. The lowest BCUT2D eigenvalue weighted by atomic mass is 10.2. The number of nitro groups is 1. The fourth-order valence-corrected chi connectivity index (χ4v) is 1.16. The van der Waals surface area contributed by atoms with E-state index in [4.69, 9.17) is 16.3 Å². The highest BCUT2D eigenvalue weighted by Gasteiger charge is 2.02. The quantitative estimate of drug-likeness (QED) is 0.356. The number of halogens is 1. The summed E-state index contributed by atoms with van der Waals surface area (Å²) in [4.78, 5) is 21.1. The van der Waals surface area contributed by atoms with Gasteiger partial charge in [0.2, 0.25) is 0 Å². The SMILES string of the molecule is O=C(C=Cc1ccc([N+](=O)[O-])cc1)OCC=CCl. The van der Waals surface area contributed by atoms with Gasteiger partial charge in [0.1, 0.15) is 6.61 Å². The second-order valence-electron chi connectivity index (χ2n) is 3.17. The van der Waals surface area contributed by atoms with Crippen LogP contribution in [0.2, 0.25) is 0 Å². The molecule has 6 heteroatoms. The molecule has 0 radical (unpaired) electrons. The van der Waals surface area contributed by atoms with Crippen LogP contribution < -0.4 is 0 Å². The normalized spacial score (nSPS) is 10.9. The molecule has 18 heavy (non-hydrogen) atoms. The molecule has 1 aromatic carbocycles. The molecule has 1 rings (SSSR count). The first-order chi connectivity index (χ1) is 8.63. The molecule has 0 N–H and O–H groups in total. The van der Waals surface area contributed by atoms with Crippen LogP contribution in [0.15, 0.2) is 42.0 Å². The predicted octanol–water partition coefficient (Wildman–Crippen LogP) is 2.90. The highest BCUT2D eigenvalue weighted by atomic mass is 35.5. The lowest BCUT2D eigenvalue weighted by Crippen LogP contribution is -1.99. The van der Waals surface area contributed by atoms with Crippen molar-refractivity contribution in [3.63, 3.8) is 0 Å². The molecule has 0 unspecified atom stereocenters. The number of nitro benzene ring substituents is 1. The average Bonchev–Trinajstić information content (AvgIpc) is 2.37. The van der Waals surface area contributed by atoms with Gasteiger partial charge in [-0.2, -0.15) is 0 Å². The Morgan fingerprint density at radius 2 is 2.06 bits per heavy atom. The second kappa shape index (κ2) is 7.24. The summed E-state index contributed by atoms with van der Waals surface area (Å²) in [5.41, 5.74) is 1.93. The van der Waals surface area contributed by atoms with Gasteiger partial charge in [0.25, 0.3) is 5.69 Å². The van der Waals surface area contributed by atoms with E-state index >= 15 is 0 Å². The van der Waals surface area contributed by atoms with Gasteiger partial charge >= 0.3 is 5.97 Å². The van der Waals surface area contributed by atoms with Crippen molar-refractivity contribution in [2.45, 2.75) is 0 Å². The topological polar surface area (TPSA) is 69.4 Å². The van der Waals surface area contributed by atoms with Gasteiger partial charge in [0.05, 0.1) is 4.92 Å². The van der Waals surface area contributed by atoms with Crippen molar-refractivity contribution < 1.29 is 14.5 Å². The molecule has 0 fully saturated rings. The van der Waals surface area contributed by atoms with Crippen molar-refractivity contribution >= 4 is 29.3 Å². The first kappa shape index (κ1) is 13.9. The van der Waals surface area contributed by atoms with Crippen LogP contribution in [0.4, 0.5) is 5.69 Å². The second-order valence-corrected chi connectivity index (χ2v) is 3.43. The first-order valence-electron chi connectivity index (χ1n) is 4.98. The maximum Gasteiger partial charge on any atom is 0.331 e. The van der Waals surface area contributed by atoms with Gasteiger partial charge < -0.3 is 4.74 Å². The van der Waals surface area contributed by atoms with Crippen molar-refractivity contribution in [3.05, 3.63) is 57.6 Å². The number of carbonyl (C=O) groups excluding carboxylic acids is 1. The zero-order chi connectivity index (χ0) is 13.4. The third-order valence-corrected chi connectivity index (χ3v) is 2.10. The van der Waals surface area contributed by atoms with Crippen LogP contribution in [0.3, 0.4) is 0 Å². The summed E-state index contributed by atoms with van der Waals surface area (Å²) in [6, 6.07) is 5.81. The molecule has 0 amide bonds. The van der Waals surface area contributed by atoms with Crippen LogP contribution in [0.25, 0.3) is 6.08 Å². The lowest BCUT2D eigenvalue weighted by molar-refractivity contribution is -0.384. The Bertz CT molecular complexity index is 479. The van der Waals surface area contributed by atoms with Gasteiger partial charge in [-0.15, -0.1) is 0 Å². The van der Waals surface area contributed by atoms with Crippen LogP contribution >= 0.6 is 11.6 Å². The standard InChI is InChI=1S/C12H10ClNO4/c13-8-1-9-18-12(15)7-4-10-2-5-11(6-3-10)14(16)17/h1-8H,9H2. The van der Waals surface area contributed by atoms with Gasteiger partial charge in [0, 0.05) is 23.7 Å². The number of nitrogens with zero attached hydrogens (tertiary/aromatic N) is 1. The molecule has 0 bridgehead atoms. The fourth-order valence-electron chi connectivity index (χ4n) is 1.09. The average molecular weight is 268 g/mol.